The van der Waals surface area contributed by atoms with Crippen LogP contribution in [0.4, 0.5) is 21.9 Å². The Morgan fingerprint density at radius 1 is 1.00 bits per heavy atom. The zero-order valence-electron chi connectivity index (χ0n) is 15.7. The molecule has 1 heterocycles. The van der Waals surface area contributed by atoms with E-state index in [0.29, 0.717) is 28.5 Å². The van der Waals surface area contributed by atoms with Crippen LogP contribution in [0.25, 0.3) is 0 Å². The predicted molar refractivity (Wildman–Crippen MR) is 109 cm³/mol. The molecular weight excluding hydrogens is 378 g/mol. The fourth-order valence-corrected chi connectivity index (χ4v) is 3.64. The van der Waals surface area contributed by atoms with Gasteiger partial charge >= 0.3 is 6.03 Å². The number of para-hydroxylation sites is 1. The van der Waals surface area contributed by atoms with Gasteiger partial charge < -0.3 is 15.2 Å². The topological polar surface area (TPSA) is 105 Å². The number of hydrogen-bond donors (Lipinski definition) is 3. The summed E-state index contributed by atoms with van der Waals surface area (Å²) >= 11 is 0. The third-order valence-corrected chi connectivity index (χ3v) is 5.37. The molecule has 0 bridgehead atoms. The largest absolute Gasteiger partial charge is 0.337 e. The number of aryl methyl sites for hydroxylation is 3. The van der Waals surface area contributed by atoms with E-state index in [2.05, 4.69) is 20.3 Å². The van der Waals surface area contributed by atoms with Gasteiger partial charge in [-0.15, -0.1) is 0 Å². The molecule has 2 aromatic carbocycles. The van der Waals surface area contributed by atoms with Crippen molar-refractivity contribution in [2.75, 3.05) is 15.4 Å². The second-order valence-corrected chi connectivity index (χ2v) is 7.95. The summed E-state index contributed by atoms with van der Waals surface area (Å²) in [4.78, 5) is 16.2. The van der Waals surface area contributed by atoms with E-state index in [-0.39, 0.29) is 5.03 Å². The highest BCUT2D eigenvalue weighted by molar-refractivity contribution is 7.92. The molecule has 28 heavy (non-hydrogen) atoms. The standard InChI is InChI=1S/C19H21N5O3S/c1-13-9-10-16(22-19(25)21-15-7-5-4-6-8-15)11-17(13)23-28(26,27)18-12-24(3)14(2)20-18/h4-12,23H,1-3H3,(H2,21,22,25). The van der Waals surface area contributed by atoms with E-state index < -0.39 is 16.1 Å². The van der Waals surface area contributed by atoms with E-state index in [1.54, 1.807) is 55.8 Å². The molecule has 0 aliphatic heterocycles. The highest BCUT2D eigenvalue weighted by atomic mass is 32.2. The molecule has 1 aromatic heterocycles. The van der Waals surface area contributed by atoms with Crippen LogP contribution < -0.4 is 15.4 Å². The zero-order valence-corrected chi connectivity index (χ0v) is 16.5. The van der Waals surface area contributed by atoms with Crippen LogP contribution in [0.15, 0.2) is 59.8 Å². The van der Waals surface area contributed by atoms with Crippen molar-refractivity contribution in [2.45, 2.75) is 18.9 Å². The number of rotatable bonds is 5. The van der Waals surface area contributed by atoms with Gasteiger partial charge in [0.25, 0.3) is 10.0 Å². The fraction of sp³-hybridized carbons (Fsp3) is 0.158. The minimum Gasteiger partial charge on any atom is -0.337 e. The van der Waals surface area contributed by atoms with Gasteiger partial charge in [-0.2, -0.15) is 8.42 Å². The SMILES string of the molecule is Cc1ccc(NC(=O)Nc2ccccc2)cc1NS(=O)(=O)c1cn(C)c(C)n1. The van der Waals surface area contributed by atoms with Gasteiger partial charge in [-0.1, -0.05) is 24.3 Å². The van der Waals surface area contributed by atoms with Crippen LogP contribution >= 0.6 is 0 Å². The molecular formula is C19H21N5O3S. The average Bonchev–Trinajstić information content (AvgIpc) is 2.98. The first kappa shape index (κ1) is 19.4. The van der Waals surface area contributed by atoms with Crippen LogP contribution in [0.1, 0.15) is 11.4 Å². The molecule has 8 nitrogen and oxygen atoms in total. The molecule has 0 unspecified atom stereocenters. The van der Waals surface area contributed by atoms with Crippen molar-refractivity contribution in [3.05, 3.63) is 66.1 Å². The van der Waals surface area contributed by atoms with Gasteiger partial charge in [0.15, 0.2) is 5.03 Å². The van der Waals surface area contributed by atoms with Gasteiger partial charge in [0, 0.05) is 24.6 Å². The lowest BCUT2D eigenvalue weighted by Crippen LogP contribution is -2.20. The Balaban J connectivity index is 1.77. The number of carbonyl (C=O) groups is 1. The molecule has 0 aliphatic rings. The average molecular weight is 399 g/mol. The molecule has 0 saturated heterocycles. The van der Waals surface area contributed by atoms with E-state index in [1.807, 2.05) is 18.2 Å². The lowest BCUT2D eigenvalue weighted by atomic mass is 10.2. The van der Waals surface area contributed by atoms with Gasteiger partial charge in [-0.25, -0.2) is 9.78 Å². The minimum absolute atomic E-state index is 0.0629. The Morgan fingerprint density at radius 2 is 1.68 bits per heavy atom. The van der Waals surface area contributed by atoms with Gasteiger partial charge in [-0.3, -0.25) is 4.72 Å². The molecule has 3 N–H and O–H groups in total. The number of anilines is 3. The molecule has 3 aromatic rings. The lowest BCUT2D eigenvalue weighted by Gasteiger charge is -2.12. The summed E-state index contributed by atoms with van der Waals surface area (Å²) in [6.45, 7) is 3.50. The molecule has 0 atom stereocenters. The van der Waals surface area contributed by atoms with Crippen LogP contribution in [0, 0.1) is 13.8 Å². The van der Waals surface area contributed by atoms with Crippen LogP contribution in [0.5, 0.6) is 0 Å². The van der Waals surface area contributed by atoms with E-state index in [9.17, 15) is 13.2 Å². The summed E-state index contributed by atoms with van der Waals surface area (Å²) in [5.74, 6) is 0.588. The van der Waals surface area contributed by atoms with Gasteiger partial charge in [0.1, 0.15) is 5.82 Å². The van der Waals surface area contributed by atoms with Crippen molar-refractivity contribution >= 4 is 33.1 Å². The van der Waals surface area contributed by atoms with Crippen LogP contribution in [-0.2, 0) is 17.1 Å². The Kier molecular flexibility index (Phi) is 5.36. The summed E-state index contributed by atoms with van der Waals surface area (Å²) in [6, 6.07) is 13.6. The van der Waals surface area contributed by atoms with E-state index in [0.717, 1.165) is 0 Å². The van der Waals surface area contributed by atoms with Crippen molar-refractivity contribution in [2.24, 2.45) is 7.05 Å². The van der Waals surface area contributed by atoms with E-state index >= 15 is 0 Å². The quantitative estimate of drug-likeness (QED) is 0.611. The summed E-state index contributed by atoms with van der Waals surface area (Å²) in [7, 11) is -2.12. The minimum atomic E-state index is -3.84. The van der Waals surface area contributed by atoms with Gasteiger partial charge in [0.05, 0.1) is 5.69 Å². The highest BCUT2D eigenvalue weighted by Crippen LogP contribution is 2.23. The van der Waals surface area contributed by atoms with Crippen molar-refractivity contribution in [1.82, 2.24) is 9.55 Å². The molecule has 2 amide bonds. The maximum Gasteiger partial charge on any atom is 0.323 e. The van der Waals surface area contributed by atoms with Crippen LogP contribution in [-0.4, -0.2) is 24.0 Å². The molecule has 0 fully saturated rings. The monoisotopic (exact) mass is 399 g/mol. The summed E-state index contributed by atoms with van der Waals surface area (Å²) in [6.07, 6.45) is 1.45. The number of urea groups is 1. The number of sulfonamides is 1. The fourth-order valence-electron chi connectivity index (χ4n) is 2.48. The Bertz CT molecular complexity index is 1090. The number of nitrogens with zero attached hydrogens (tertiary/aromatic N) is 2. The number of amides is 2. The Hall–Kier alpha value is -3.33. The van der Waals surface area contributed by atoms with Crippen molar-refractivity contribution < 1.29 is 13.2 Å². The summed E-state index contributed by atoms with van der Waals surface area (Å²) < 4.78 is 29.4. The van der Waals surface area contributed by atoms with Crippen molar-refractivity contribution in [3.8, 4) is 0 Å². The van der Waals surface area contributed by atoms with E-state index in [1.165, 1.54) is 6.20 Å². The molecule has 146 valence electrons. The first-order valence-corrected chi connectivity index (χ1v) is 9.99. The highest BCUT2D eigenvalue weighted by Gasteiger charge is 2.19. The number of imidazole rings is 1. The summed E-state index contributed by atoms with van der Waals surface area (Å²) in [5, 5.41) is 5.34. The number of benzene rings is 2. The third kappa shape index (κ3) is 4.49. The Morgan fingerprint density at radius 3 is 2.32 bits per heavy atom. The van der Waals surface area contributed by atoms with Crippen molar-refractivity contribution in [3.63, 3.8) is 0 Å². The van der Waals surface area contributed by atoms with Gasteiger partial charge in [-0.05, 0) is 43.7 Å². The number of carbonyl (C=O) groups excluding carboxylic acids is 1. The third-order valence-electron chi connectivity index (χ3n) is 4.13. The molecule has 0 spiro atoms. The molecule has 3 rings (SSSR count). The second-order valence-electron chi connectivity index (χ2n) is 6.32. The Labute approximate surface area is 163 Å². The molecule has 0 saturated carbocycles. The van der Waals surface area contributed by atoms with E-state index in [4.69, 9.17) is 0 Å². The normalized spacial score (nSPS) is 11.1. The predicted octanol–water partition coefficient (Wildman–Crippen LogP) is 3.48. The first-order valence-electron chi connectivity index (χ1n) is 8.51. The second kappa shape index (κ2) is 7.73. The number of aromatic nitrogens is 2. The van der Waals surface area contributed by atoms with Gasteiger partial charge in [0.2, 0.25) is 0 Å². The first-order chi connectivity index (χ1) is 13.2. The smallest absolute Gasteiger partial charge is 0.323 e. The van der Waals surface area contributed by atoms with Crippen molar-refractivity contribution in [1.29, 1.82) is 0 Å². The maximum atomic E-state index is 12.6. The van der Waals surface area contributed by atoms with Crippen LogP contribution in [0.2, 0.25) is 0 Å². The zero-order chi connectivity index (χ0) is 20.3. The molecule has 0 radical (unpaired) electrons. The maximum absolute atomic E-state index is 12.6. The van der Waals surface area contributed by atoms with Crippen LogP contribution in [0.3, 0.4) is 0 Å². The molecule has 9 heteroatoms. The number of hydrogen-bond acceptors (Lipinski definition) is 4. The number of nitrogens with one attached hydrogen (secondary N) is 3. The lowest BCUT2D eigenvalue weighted by molar-refractivity contribution is 0.262. The molecule has 0 aliphatic carbocycles. The summed E-state index contributed by atoms with van der Waals surface area (Å²) in [5.41, 5.74) is 2.18.